The fourth-order valence-electron chi connectivity index (χ4n) is 3.93. The van der Waals surface area contributed by atoms with Crippen LogP contribution in [0.2, 0.25) is 5.02 Å². The average molecular weight is 508 g/mol. The highest BCUT2D eigenvalue weighted by atomic mass is 35.5. The number of hydrogen-bond donors (Lipinski definition) is 1. The summed E-state index contributed by atoms with van der Waals surface area (Å²) in [5.74, 6) is 0.786. The van der Waals surface area contributed by atoms with Gasteiger partial charge in [-0.25, -0.2) is 9.67 Å². The van der Waals surface area contributed by atoms with Crippen LogP contribution in [-0.2, 0) is 0 Å². The van der Waals surface area contributed by atoms with Crippen LogP contribution in [-0.4, -0.2) is 26.4 Å². The first-order valence-corrected chi connectivity index (χ1v) is 12.1. The summed E-state index contributed by atoms with van der Waals surface area (Å²) in [5, 5.41) is 15.7. The molecule has 0 saturated carbocycles. The lowest BCUT2D eigenvalue weighted by molar-refractivity contribution is 0.317. The lowest BCUT2D eigenvalue weighted by Crippen LogP contribution is -2.11. The van der Waals surface area contributed by atoms with Crippen molar-refractivity contribution in [3.63, 3.8) is 0 Å². The van der Waals surface area contributed by atoms with E-state index < -0.39 is 0 Å². The molecule has 8 heteroatoms. The van der Waals surface area contributed by atoms with Gasteiger partial charge in [-0.05, 0) is 55.0 Å². The highest BCUT2D eigenvalue weighted by molar-refractivity contribution is 6.32. The molecule has 0 amide bonds. The number of H-pyrrole nitrogens is 1. The van der Waals surface area contributed by atoms with Gasteiger partial charge in [0.2, 0.25) is 0 Å². The van der Waals surface area contributed by atoms with Gasteiger partial charge in [-0.3, -0.25) is 4.79 Å². The molecule has 37 heavy (non-hydrogen) atoms. The second-order valence-corrected chi connectivity index (χ2v) is 8.72. The van der Waals surface area contributed by atoms with Crippen LogP contribution < -0.4 is 10.3 Å². The Hall–Kier alpha value is -4.67. The second kappa shape index (κ2) is 10.5. The van der Waals surface area contributed by atoms with Gasteiger partial charge in [0.25, 0.3) is 5.56 Å². The molecule has 2 heterocycles. The summed E-state index contributed by atoms with van der Waals surface area (Å²) in [6.45, 7) is 2.60. The number of para-hydroxylation sites is 2. The largest absolute Gasteiger partial charge is 0.492 e. The summed E-state index contributed by atoms with van der Waals surface area (Å²) in [5.41, 5.74) is 3.29. The van der Waals surface area contributed by atoms with E-state index in [2.05, 4.69) is 16.0 Å². The summed E-state index contributed by atoms with van der Waals surface area (Å²) < 4.78 is 7.45. The van der Waals surface area contributed by atoms with Crippen LogP contribution in [0.15, 0.2) is 83.8 Å². The van der Waals surface area contributed by atoms with E-state index in [1.807, 2.05) is 55.6 Å². The fourth-order valence-corrected chi connectivity index (χ4v) is 4.17. The molecule has 1 N–H and O–H groups in total. The van der Waals surface area contributed by atoms with Crippen molar-refractivity contribution in [2.45, 2.75) is 13.3 Å². The Balaban J connectivity index is 1.65. The summed E-state index contributed by atoms with van der Waals surface area (Å²) in [7, 11) is 0. The highest BCUT2D eigenvalue weighted by Gasteiger charge is 2.16. The zero-order chi connectivity index (χ0) is 25.8. The van der Waals surface area contributed by atoms with E-state index in [-0.39, 0.29) is 17.0 Å². The molecule has 5 rings (SSSR count). The molecule has 2 aromatic heterocycles. The third-order valence-corrected chi connectivity index (χ3v) is 6.01. The van der Waals surface area contributed by atoms with Crippen LogP contribution in [0.5, 0.6) is 5.75 Å². The molecule has 3 aromatic carbocycles. The van der Waals surface area contributed by atoms with Gasteiger partial charge in [0.15, 0.2) is 5.82 Å². The number of benzene rings is 3. The van der Waals surface area contributed by atoms with Gasteiger partial charge in [-0.15, -0.1) is 0 Å². The number of hydrogen-bond acceptors (Lipinski definition) is 5. The summed E-state index contributed by atoms with van der Waals surface area (Å²) in [6.07, 6.45) is 4.37. The van der Waals surface area contributed by atoms with Crippen LogP contribution >= 0.6 is 11.6 Å². The molecule has 0 fully saturated rings. The van der Waals surface area contributed by atoms with Crippen LogP contribution in [0.4, 0.5) is 0 Å². The quantitative estimate of drug-likeness (QED) is 0.261. The molecule has 0 unspecified atom stereocenters. The smallest absolute Gasteiger partial charge is 0.259 e. The first-order valence-electron chi connectivity index (χ1n) is 11.8. The average Bonchev–Trinajstić information content (AvgIpc) is 3.35. The lowest BCUT2D eigenvalue weighted by atomic mass is 10.1. The van der Waals surface area contributed by atoms with E-state index in [1.54, 1.807) is 41.1 Å². The van der Waals surface area contributed by atoms with E-state index in [4.69, 9.17) is 21.4 Å². The normalized spacial score (nSPS) is 11.4. The van der Waals surface area contributed by atoms with E-state index in [0.717, 1.165) is 17.7 Å². The van der Waals surface area contributed by atoms with Gasteiger partial charge < -0.3 is 9.72 Å². The molecule has 7 nitrogen and oxygen atoms in total. The monoisotopic (exact) mass is 507 g/mol. The number of ether oxygens (including phenoxy) is 1. The van der Waals surface area contributed by atoms with Gasteiger partial charge >= 0.3 is 0 Å². The SMILES string of the molecule is CCCOc1ccc(-c2nn(-c3ccccc3)cc2C=C(C#N)c2nc3ccccc3c(=O)[nH]2)cc1Cl. The van der Waals surface area contributed by atoms with E-state index in [9.17, 15) is 10.1 Å². The minimum Gasteiger partial charge on any atom is -0.492 e. The maximum Gasteiger partial charge on any atom is 0.259 e. The molecule has 0 aliphatic carbocycles. The topological polar surface area (TPSA) is 96.6 Å². The molecular formula is C29H22ClN5O2. The number of fused-ring (bicyclic) bond motifs is 1. The van der Waals surface area contributed by atoms with Crippen LogP contribution in [0, 0.1) is 11.3 Å². The Morgan fingerprint density at radius 2 is 1.92 bits per heavy atom. The Bertz CT molecular complexity index is 1710. The highest BCUT2D eigenvalue weighted by Crippen LogP contribution is 2.33. The number of allylic oxidation sites excluding steroid dienone is 1. The molecule has 0 atom stereocenters. The zero-order valence-electron chi connectivity index (χ0n) is 20.0. The number of aromatic nitrogens is 4. The molecule has 5 aromatic rings. The van der Waals surface area contributed by atoms with Crippen LogP contribution in [0.3, 0.4) is 0 Å². The van der Waals surface area contributed by atoms with Gasteiger partial charge in [-0.2, -0.15) is 10.4 Å². The summed E-state index contributed by atoms with van der Waals surface area (Å²) in [6, 6.07) is 24.3. The predicted octanol–water partition coefficient (Wildman–Crippen LogP) is 6.28. The second-order valence-electron chi connectivity index (χ2n) is 8.31. The van der Waals surface area contributed by atoms with Crippen molar-refractivity contribution in [3.05, 3.63) is 106 Å². The predicted molar refractivity (Wildman–Crippen MR) is 146 cm³/mol. The third-order valence-electron chi connectivity index (χ3n) is 5.72. The van der Waals surface area contributed by atoms with Gasteiger partial charge in [0, 0.05) is 17.3 Å². The van der Waals surface area contributed by atoms with Crippen LogP contribution in [0.1, 0.15) is 24.7 Å². The molecular weight excluding hydrogens is 486 g/mol. The van der Waals surface area contributed by atoms with Crippen molar-refractivity contribution < 1.29 is 4.74 Å². The first-order chi connectivity index (χ1) is 18.1. The number of nitrogens with one attached hydrogen (secondary N) is 1. The Morgan fingerprint density at radius 3 is 2.68 bits per heavy atom. The third kappa shape index (κ3) is 5.01. The molecule has 0 aliphatic rings. The maximum absolute atomic E-state index is 12.6. The van der Waals surface area contributed by atoms with E-state index in [0.29, 0.717) is 39.5 Å². The Labute approximate surface area is 218 Å². The van der Waals surface area contributed by atoms with Crippen molar-refractivity contribution in [1.29, 1.82) is 5.26 Å². The van der Waals surface area contributed by atoms with Crippen molar-refractivity contribution in [2.24, 2.45) is 0 Å². The fraction of sp³-hybridized carbons (Fsp3) is 0.103. The Kier molecular flexibility index (Phi) is 6.84. The first kappa shape index (κ1) is 24.0. The van der Waals surface area contributed by atoms with Crippen molar-refractivity contribution in [2.75, 3.05) is 6.61 Å². The molecule has 0 spiro atoms. The summed E-state index contributed by atoms with van der Waals surface area (Å²) in [4.78, 5) is 19.9. The number of rotatable bonds is 7. The number of aromatic amines is 1. The minimum atomic E-state index is -0.309. The van der Waals surface area contributed by atoms with Crippen molar-refractivity contribution in [1.82, 2.24) is 19.7 Å². The van der Waals surface area contributed by atoms with Gasteiger partial charge in [0.05, 0.1) is 33.8 Å². The van der Waals surface area contributed by atoms with E-state index >= 15 is 0 Å². The minimum absolute atomic E-state index is 0.186. The Morgan fingerprint density at radius 1 is 1.14 bits per heavy atom. The number of nitrogens with zero attached hydrogens (tertiary/aromatic N) is 4. The van der Waals surface area contributed by atoms with E-state index in [1.165, 1.54) is 0 Å². The molecule has 182 valence electrons. The maximum atomic E-state index is 12.6. The number of halogens is 1. The molecule has 0 bridgehead atoms. The van der Waals surface area contributed by atoms with Crippen LogP contribution in [0.25, 0.3) is 39.5 Å². The van der Waals surface area contributed by atoms with Gasteiger partial charge in [0.1, 0.15) is 17.5 Å². The molecule has 0 aliphatic heterocycles. The van der Waals surface area contributed by atoms with Crippen molar-refractivity contribution >= 4 is 34.2 Å². The lowest BCUT2D eigenvalue weighted by Gasteiger charge is -2.08. The standard InChI is InChI=1S/C29H22ClN5O2/c1-2-14-37-26-13-12-19(16-24(26)30)27-21(18-35(34-27)22-8-4-3-5-9-22)15-20(17-31)28-32-25-11-7-6-10-23(25)29(36)33-28/h3-13,15-16,18H,2,14H2,1H3,(H,32,33,36). The molecule has 0 radical (unpaired) electrons. The van der Waals surface area contributed by atoms with Gasteiger partial charge in [-0.1, -0.05) is 48.9 Å². The summed E-state index contributed by atoms with van der Waals surface area (Å²) >= 11 is 6.52. The van der Waals surface area contributed by atoms with Crippen molar-refractivity contribution in [3.8, 4) is 28.8 Å². The number of nitriles is 1. The molecule has 0 saturated heterocycles. The zero-order valence-corrected chi connectivity index (χ0v) is 20.7.